The lowest BCUT2D eigenvalue weighted by atomic mass is 9.84. The predicted octanol–water partition coefficient (Wildman–Crippen LogP) is 3.63. The van der Waals surface area contributed by atoms with Crippen LogP contribution < -0.4 is 5.32 Å². The summed E-state index contributed by atoms with van der Waals surface area (Å²) in [6.45, 7) is -0.278. The summed E-state index contributed by atoms with van der Waals surface area (Å²) in [4.78, 5) is 38.2. The Bertz CT molecular complexity index is 1080. The van der Waals surface area contributed by atoms with Crippen LogP contribution in [0, 0.1) is 17.8 Å². The fraction of sp³-hybridized carbons (Fsp3) is 0.370. The van der Waals surface area contributed by atoms with E-state index >= 15 is 0 Å². The first-order valence-corrected chi connectivity index (χ1v) is 11.5. The number of amides is 2. The van der Waals surface area contributed by atoms with Gasteiger partial charge in [-0.3, -0.25) is 9.59 Å². The van der Waals surface area contributed by atoms with Crippen molar-refractivity contribution >= 4 is 18.0 Å². The average molecular weight is 461 g/mol. The van der Waals surface area contributed by atoms with Gasteiger partial charge in [-0.15, -0.1) is 6.42 Å². The van der Waals surface area contributed by atoms with Crippen LogP contribution in [-0.2, 0) is 14.3 Å². The number of terminal acetylenes is 1. The Morgan fingerprint density at radius 2 is 1.65 bits per heavy atom. The summed E-state index contributed by atoms with van der Waals surface area (Å²) in [5.74, 6) is 0.850. The lowest BCUT2D eigenvalue weighted by molar-refractivity contribution is -0.149. The van der Waals surface area contributed by atoms with Crippen molar-refractivity contribution in [2.24, 2.45) is 5.41 Å². The molecule has 0 atom stereocenters. The Balaban J connectivity index is 1.41. The summed E-state index contributed by atoms with van der Waals surface area (Å²) in [6.07, 6.45) is 7.54. The van der Waals surface area contributed by atoms with Crippen molar-refractivity contribution in [3.05, 3.63) is 59.7 Å². The number of hydrogen-bond donors (Lipinski definition) is 2. The molecular formula is C27H28N2O5. The molecule has 1 saturated carbocycles. The van der Waals surface area contributed by atoms with Crippen LogP contribution in [0.4, 0.5) is 4.79 Å². The second-order valence-corrected chi connectivity index (χ2v) is 8.93. The van der Waals surface area contributed by atoms with Crippen LogP contribution >= 0.6 is 0 Å². The number of carbonyl (C=O) groups excluding carboxylic acids is 2. The summed E-state index contributed by atoms with van der Waals surface area (Å²) in [6, 6.07) is 16.2. The van der Waals surface area contributed by atoms with Crippen LogP contribution in [0.2, 0.25) is 0 Å². The smallest absolute Gasteiger partial charge is 0.407 e. The Kier molecular flexibility index (Phi) is 6.87. The first kappa shape index (κ1) is 23.4. The van der Waals surface area contributed by atoms with Gasteiger partial charge in [-0.05, 0) is 35.1 Å². The predicted molar refractivity (Wildman–Crippen MR) is 127 cm³/mol. The second-order valence-electron chi connectivity index (χ2n) is 8.93. The molecule has 176 valence electrons. The highest BCUT2D eigenvalue weighted by molar-refractivity contribution is 5.87. The van der Waals surface area contributed by atoms with Gasteiger partial charge < -0.3 is 20.1 Å². The van der Waals surface area contributed by atoms with E-state index in [0.717, 1.165) is 35.1 Å². The molecule has 0 aromatic heterocycles. The van der Waals surface area contributed by atoms with Crippen molar-refractivity contribution in [1.82, 2.24) is 10.2 Å². The lowest BCUT2D eigenvalue weighted by Crippen LogP contribution is -2.50. The molecule has 0 bridgehead atoms. The van der Waals surface area contributed by atoms with Gasteiger partial charge in [0.15, 0.2) is 0 Å². The van der Waals surface area contributed by atoms with Crippen molar-refractivity contribution in [1.29, 1.82) is 0 Å². The zero-order valence-electron chi connectivity index (χ0n) is 19.0. The number of rotatable bonds is 8. The topological polar surface area (TPSA) is 95.9 Å². The van der Waals surface area contributed by atoms with Crippen LogP contribution in [0.5, 0.6) is 0 Å². The van der Waals surface area contributed by atoms with Crippen LogP contribution in [0.25, 0.3) is 11.1 Å². The number of carboxylic acids is 1. The zero-order valence-corrected chi connectivity index (χ0v) is 19.0. The number of alkyl carbamates (subject to hydrolysis) is 1. The van der Waals surface area contributed by atoms with Crippen LogP contribution in [0.15, 0.2) is 48.5 Å². The number of benzene rings is 2. The molecule has 0 spiro atoms. The molecule has 0 heterocycles. The van der Waals surface area contributed by atoms with E-state index in [1.165, 1.54) is 4.90 Å². The van der Waals surface area contributed by atoms with Gasteiger partial charge in [0, 0.05) is 12.5 Å². The number of carboxylic acid groups (broad SMARTS) is 1. The molecule has 2 N–H and O–H groups in total. The number of ether oxygens (including phenoxy) is 1. The number of carbonyl (C=O) groups is 3. The van der Waals surface area contributed by atoms with Gasteiger partial charge in [-0.25, -0.2) is 4.79 Å². The molecule has 2 aliphatic rings. The Morgan fingerprint density at radius 1 is 1.06 bits per heavy atom. The largest absolute Gasteiger partial charge is 0.480 e. The molecule has 4 rings (SSSR count). The van der Waals surface area contributed by atoms with Gasteiger partial charge in [0.25, 0.3) is 0 Å². The summed E-state index contributed by atoms with van der Waals surface area (Å²) in [5.41, 5.74) is 3.68. The molecule has 0 radical (unpaired) electrons. The van der Waals surface area contributed by atoms with Crippen LogP contribution in [-0.4, -0.2) is 54.2 Å². The maximum absolute atomic E-state index is 13.2. The van der Waals surface area contributed by atoms with E-state index in [1.807, 2.05) is 24.3 Å². The first-order chi connectivity index (χ1) is 16.4. The number of aliphatic carboxylic acids is 1. The highest BCUT2D eigenvalue weighted by Gasteiger charge is 2.44. The van der Waals surface area contributed by atoms with Gasteiger partial charge >= 0.3 is 12.1 Å². The highest BCUT2D eigenvalue weighted by Crippen LogP contribution is 2.44. The monoisotopic (exact) mass is 460 g/mol. The fourth-order valence-electron chi connectivity index (χ4n) is 5.22. The molecule has 2 aliphatic carbocycles. The minimum Gasteiger partial charge on any atom is -0.480 e. The molecule has 7 nitrogen and oxygen atoms in total. The lowest BCUT2D eigenvalue weighted by Gasteiger charge is -2.33. The van der Waals surface area contributed by atoms with E-state index in [9.17, 15) is 14.4 Å². The number of fused-ring (bicyclic) bond motifs is 3. The minimum absolute atomic E-state index is 0.0538. The number of nitrogens with one attached hydrogen (secondary N) is 1. The normalized spacial score (nSPS) is 15.6. The Morgan fingerprint density at radius 3 is 2.21 bits per heavy atom. The first-order valence-electron chi connectivity index (χ1n) is 11.5. The van der Waals surface area contributed by atoms with Crippen LogP contribution in [0.1, 0.15) is 42.7 Å². The van der Waals surface area contributed by atoms with Crippen molar-refractivity contribution in [2.45, 2.75) is 31.6 Å². The SMILES string of the molecule is C#CCN(CC(=O)O)C(=O)C1(CNC(=O)OCC2c3ccccc3-c3ccccc32)CCCC1. The summed E-state index contributed by atoms with van der Waals surface area (Å²) < 4.78 is 5.60. The minimum atomic E-state index is -1.12. The molecular weight excluding hydrogens is 432 g/mol. The third-order valence-corrected chi connectivity index (χ3v) is 6.82. The van der Waals surface area contributed by atoms with E-state index in [0.29, 0.717) is 12.8 Å². The molecule has 2 aromatic carbocycles. The van der Waals surface area contributed by atoms with E-state index in [1.54, 1.807) is 0 Å². The van der Waals surface area contributed by atoms with Gasteiger partial charge in [0.05, 0.1) is 12.0 Å². The molecule has 1 fully saturated rings. The molecule has 0 aliphatic heterocycles. The van der Waals surface area contributed by atoms with Gasteiger partial charge in [-0.1, -0.05) is 67.3 Å². The van der Waals surface area contributed by atoms with E-state index in [2.05, 4.69) is 35.5 Å². The van der Waals surface area contributed by atoms with Crippen molar-refractivity contribution in [2.75, 3.05) is 26.2 Å². The van der Waals surface area contributed by atoms with E-state index in [-0.39, 0.29) is 31.5 Å². The van der Waals surface area contributed by atoms with Crippen molar-refractivity contribution < 1.29 is 24.2 Å². The highest BCUT2D eigenvalue weighted by atomic mass is 16.5. The second kappa shape index (κ2) is 10.0. The number of nitrogens with zero attached hydrogens (tertiary/aromatic N) is 1. The Hall–Kier alpha value is -3.79. The van der Waals surface area contributed by atoms with Crippen molar-refractivity contribution in [3.8, 4) is 23.5 Å². The Labute approximate surface area is 199 Å². The van der Waals surface area contributed by atoms with Gasteiger partial charge in [0.1, 0.15) is 13.2 Å². The fourth-order valence-corrected chi connectivity index (χ4v) is 5.22. The summed E-state index contributed by atoms with van der Waals surface area (Å²) in [5, 5.41) is 11.9. The molecule has 34 heavy (non-hydrogen) atoms. The van der Waals surface area contributed by atoms with E-state index < -0.39 is 24.0 Å². The summed E-state index contributed by atoms with van der Waals surface area (Å²) in [7, 11) is 0. The quantitative estimate of drug-likeness (QED) is 0.587. The maximum Gasteiger partial charge on any atom is 0.407 e. The number of hydrogen-bond acceptors (Lipinski definition) is 4. The molecule has 2 aromatic rings. The molecule has 0 saturated heterocycles. The van der Waals surface area contributed by atoms with Gasteiger partial charge in [0.2, 0.25) is 5.91 Å². The molecule has 2 amide bonds. The van der Waals surface area contributed by atoms with Crippen LogP contribution in [0.3, 0.4) is 0 Å². The molecule has 7 heteroatoms. The summed E-state index contributed by atoms with van der Waals surface area (Å²) >= 11 is 0. The zero-order chi connectivity index (χ0) is 24.1. The maximum atomic E-state index is 13.2. The average Bonchev–Trinajstić information content (AvgIpc) is 3.44. The molecule has 0 unspecified atom stereocenters. The van der Waals surface area contributed by atoms with E-state index in [4.69, 9.17) is 16.3 Å². The van der Waals surface area contributed by atoms with Crippen molar-refractivity contribution in [3.63, 3.8) is 0 Å². The third kappa shape index (κ3) is 4.62. The van der Waals surface area contributed by atoms with Gasteiger partial charge in [-0.2, -0.15) is 0 Å². The standard InChI is InChI=1S/C27H28N2O5/c1-2-15-29(16-24(30)31)25(32)27(13-7-8-14-27)18-28-26(33)34-17-23-21-11-5-3-9-19(21)20-10-4-6-12-22(20)23/h1,3-6,9-12,23H,7-8,13-18H2,(H,28,33)(H,30,31). The third-order valence-electron chi connectivity index (χ3n) is 6.82.